The molecule has 1 aromatic heterocycles. The summed E-state index contributed by atoms with van der Waals surface area (Å²) in [5, 5.41) is 7.35. The van der Waals surface area contributed by atoms with Gasteiger partial charge in [-0.25, -0.2) is 4.98 Å². The van der Waals surface area contributed by atoms with E-state index in [9.17, 15) is 4.79 Å². The Balaban J connectivity index is 2.93. The van der Waals surface area contributed by atoms with E-state index in [0.29, 0.717) is 0 Å². The van der Waals surface area contributed by atoms with E-state index in [2.05, 4.69) is 15.2 Å². The van der Waals surface area contributed by atoms with Crippen LogP contribution in [0.1, 0.15) is 36.1 Å². The fourth-order valence-electron chi connectivity index (χ4n) is 0.661. The van der Waals surface area contributed by atoms with Crippen molar-refractivity contribution in [2.75, 3.05) is 0 Å². The zero-order valence-electron chi connectivity index (χ0n) is 6.98. The lowest BCUT2D eigenvalue weighted by Gasteiger charge is -2.00. The summed E-state index contributed by atoms with van der Waals surface area (Å²) in [5.41, 5.74) is 5.69. The zero-order chi connectivity index (χ0) is 9.14. The molecule has 0 radical (unpaired) electrons. The molecule has 12 heavy (non-hydrogen) atoms. The van der Waals surface area contributed by atoms with Crippen LogP contribution in [0.25, 0.3) is 0 Å². The Morgan fingerprint density at radius 3 is 2.50 bits per heavy atom. The first-order valence-corrected chi connectivity index (χ1v) is 3.60. The van der Waals surface area contributed by atoms with Crippen molar-refractivity contribution in [2.24, 2.45) is 5.73 Å². The van der Waals surface area contributed by atoms with E-state index in [1.165, 1.54) is 6.20 Å². The predicted molar refractivity (Wildman–Crippen MR) is 42.4 cm³/mol. The average Bonchev–Trinajstić information content (AvgIpc) is 2.04. The SMILES string of the molecule is CC(C)c1cnc(C(N)=O)nn1. The summed E-state index contributed by atoms with van der Waals surface area (Å²) in [7, 11) is 0. The Morgan fingerprint density at radius 1 is 1.50 bits per heavy atom. The molecule has 0 saturated heterocycles. The van der Waals surface area contributed by atoms with Gasteiger partial charge in [-0.05, 0) is 5.92 Å². The highest BCUT2D eigenvalue weighted by Crippen LogP contribution is 2.07. The topological polar surface area (TPSA) is 81.8 Å². The molecule has 0 aromatic carbocycles. The number of hydrogen-bond donors (Lipinski definition) is 1. The third-order valence-corrected chi connectivity index (χ3v) is 1.39. The first-order chi connectivity index (χ1) is 5.61. The van der Waals surface area contributed by atoms with Crippen molar-refractivity contribution in [3.63, 3.8) is 0 Å². The number of carbonyl (C=O) groups is 1. The lowest BCUT2D eigenvalue weighted by Crippen LogP contribution is -2.16. The van der Waals surface area contributed by atoms with Crippen molar-refractivity contribution in [3.8, 4) is 0 Å². The Kier molecular flexibility index (Phi) is 2.32. The quantitative estimate of drug-likeness (QED) is 0.675. The van der Waals surface area contributed by atoms with E-state index in [4.69, 9.17) is 5.73 Å². The largest absolute Gasteiger partial charge is 0.363 e. The van der Waals surface area contributed by atoms with Gasteiger partial charge in [0.15, 0.2) is 0 Å². The fourth-order valence-corrected chi connectivity index (χ4v) is 0.661. The van der Waals surface area contributed by atoms with Gasteiger partial charge in [-0.3, -0.25) is 4.79 Å². The van der Waals surface area contributed by atoms with Crippen LogP contribution in [-0.4, -0.2) is 21.1 Å². The van der Waals surface area contributed by atoms with Crippen molar-refractivity contribution >= 4 is 5.91 Å². The maximum atomic E-state index is 10.5. The monoisotopic (exact) mass is 166 g/mol. The first-order valence-electron chi connectivity index (χ1n) is 3.60. The second-order valence-corrected chi connectivity index (χ2v) is 2.73. The van der Waals surface area contributed by atoms with Crippen LogP contribution in [0, 0.1) is 0 Å². The third kappa shape index (κ3) is 1.75. The molecule has 0 bridgehead atoms. The van der Waals surface area contributed by atoms with Gasteiger partial charge in [0, 0.05) is 0 Å². The van der Waals surface area contributed by atoms with Gasteiger partial charge >= 0.3 is 0 Å². The van der Waals surface area contributed by atoms with Crippen LogP contribution < -0.4 is 5.73 Å². The van der Waals surface area contributed by atoms with E-state index in [0.717, 1.165) is 5.69 Å². The number of primary amides is 1. The molecule has 0 spiro atoms. The molecule has 2 N–H and O–H groups in total. The van der Waals surface area contributed by atoms with Gasteiger partial charge in [0.1, 0.15) is 0 Å². The lowest BCUT2D eigenvalue weighted by atomic mass is 10.1. The molecule has 0 aliphatic carbocycles. The summed E-state index contributed by atoms with van der Waals surface area (Å²) in [5.74, 6) is -0.441. The Labute approximate surface area is 70.0 Å². The van der Waals surface area contributed by atoms with Crippen molar-refractivity contribution in [1.82, 2.24) is 15.2 Å². The average molecular weight is 166 g/mol. The fraction of sp³-hybridized carbons (Fsp3) is 0.429. The molecule has 0 unspecified atom stereocenters. The van der Waals surface area contributed by atoms with Gasteiger partial charge in [-0.15, -0.1) is 5.10 Å². The van der Waals surface area contributed by atoms with Crippen LogP contribution in [0.2, 0.25) is 0 Å². The van der Waals surface area contributed by atoms with Gasteiger partial charge in [-0.2, -0.15) is 5.10 Å². The minimum Gasteiger partial charge on any atom is -0.363 e. The van der Waals surface area contributed by atoms with Gasteiger partial charge in [0.25, 0.3) is 5.91 Å². The van der Waals surface area contributed by atoms with Crippen LogP contribution in [0.4, 0.5) is 0 Å². The summed E-state index contributed by atoms with van der Waals surface area (Å²) in [6.45, 7) is 3.94. The number of amides is 1. The lowest BCUT2D eigenvalue weighted by molar-refractivity contribution is 0.0989. The van der Waals surface area contributed by atoms with Gasteiger partial charge in [0.05, 0.1) is 11.9 Å². The minimum absolute atomic E-state index is 0.0422. The normalized spacial score (nSPS) is 10.2. The zero-order valence-corrected chi connectivity index (χ0v) is 6.98. The van der Waals surface area contributed by atoms with Crippen molar-refractivity contribution in [1.29, 1.82) is 0 Å². The molecule has 0 aliphatic rings. The molecule has 1 rings (SSSR count). The molecule has 5 heteroatoms. The third-order valence-electron chi connectivity index (χ3n) is 1.39. The Hall–Kier alpha value is -1.52. The molecule has 0 fully saturated rings. The second-order valence-electron chi connectivity index (χ2n) is 2.73. The van der Waals surface area contributed by atoms with Gasteiger partial charge < -0.3 is 5.73 Å². The number of carbonyl (C=O) groups excluding carboxylic acids is 1. The molecule has 0 aliphatic heterocycles. The smallest absolute Gasteiger partial charge is 0.288 e. The number of hydrogen-bond acceptors (Lipinski definition) is 4. The summed E-state index contributed by atoms with van der Waals surface area (Å²) in [6, 6.07) is 0. The van der Waals surface area contributed by atoms with Crippen molar-refractivity contribution in [3.05, 3.63) is 17.7 Å². The number of aromatic nitrogens is 3. The first kappa shape index (κ1) is 8.58. The summed E-state index contributed by atoms with van der Waals surface area (Å²) in [6.07, 6.45) is 1.51. The van der Waals surface area contributed by atoms with Crippen molar-refractivity contribution < 1.29 is 4.79 Å². The van der Waals surface area contributed by atoms with E-state index < -0.39 is 5.91 Å². The van der Waals surface area contributed by atoms with E-state index >= 15 is 0 Å². The highest BCUT2D eigenvalue weighted by atomic mass is 16.1. The van der Waals surface area contributed by atoms with Crippen LogP contribution in [0.3, 0.4) is 0 Å². The van der Waals surface area contributed by atoms with E-state index in [1.54, 1.807) is 0 Å². The highest BCUT2D eigenvalue weighted by molar-refractivity contribution is 5.88. The maximum absolute atomic E-state index is 10.5. The van der Waals surface area contributed by atoms with Crippen molar-refractivity contribution in [2.45, 2.75) is 19.8 Å². The molecule has 1 aromatic rings. The number of nitrogens with zero attached hydrogens (tertiary/aromatic N) is 3. The van der Waals surface area contributed by atoms with Gasteiger partial charge in [-0.1, -0.05) is 13.8 Å². The van der Waals surface area contributed by atoms with Crippen LogP contribution >= 0.6 is 0 Å². The van der Waals surface area contributed by atoms with Crippen LogP contribution in [0.5, 0.6) is 0 Å². The van der Waals surface area contributed by atoms with E-state index in [-0.39, 0.29) is 11.7 Å². The minimum atomic E-state index is -0.655. The summed E-state index contributed by atoms with van der Waals surface area (Å²) < 4.78 is 0. The van der Waals surface area contributed by atoms with E-state index in [1.807, 2.05) is 13.8 Å². The molecule has 1 heterocycles. The molecule has 0 atom stereocenters. The molecular formula is C7H10N4O. The summed E-state index contributed by atoms with van der Waals surface area (Å²) >= 11 is 0. The predicted octanol–water partition coefficient (Wildman–Crippen LogP) is 0.0939. The molecule has 0 saturated carbocycles. The maximum Gasteiger partial charge on any atom is 0.288 e. The number of nitrogens with two attached hydrogens (primary N) is 1. The molecular weight excluding hydrogens is 156 g/mol. The number of rotatable bonds is 2. The molecule has 1 amide bonds. The highest BCUT2D eigenvalue weighted by Gasteiger charge is 2.06. The van der Waals surface area contributed by atoms with Crippen LogP contribution in [0.15, 0.2) is 6.20 Å². The van der Waals surface area contributed by atoms with Crippen LogP contribution in [-0.2, 0) is 0 Å². The standard InChI is InChI=1S/C7H10N4O/c1-4(2)5-3-9-7(6(8)12)11-10-5/h3-4H,1-2H3,(H2,8,12). The molecule has 5 nitrogen and oxygen atoms in total. The summed E-state index contributed by atoms with van der Waals surface area (Å²) in [4.78, 5) is 14.3. The Morgan fingerprint density at radius 2 is 2.17 bits per heavy atom. The van der Waals surface area contributed by atoms with Gasteiger partial charge in [0.2, 0.25) is 5.82 Å². The second kappa shape index (κ2) is 3.25. The molecule has 64 valence electrons. The Bertz CT molecular complexity index is 280.